The number of carbonyl (C=O) groups excluding carboxylic acids is 1. The lowest BCUT2D eigenvalue weighted by molar-refractivity contribution is -0.222. The molecule has 1 aliphatic rings. The second-order valence-electron chi connectivity index (χ2n) is 5.68. The molecule has 124 valence electrons. The van der Waals surface area contributed by atoms with Gasteiger partial charge in [-0.1, -0.05) is 26.7 Å². The first-order valence-electron chi connectivity index (χ1n) is 7.57. The number of likely N-dealkylation sites (tertiary alicyclic amines) is 1. The van der Waals surface area contributed by atoms with Gasteiger partial charge in [0.25, 0.3) is 0 Å². The molecular weight excluding hydrogens is 285 g/mol. The van der Waals surface area contributed by atoms with Crippen molar-refractivity contribution in [3.63, 3.8) is 0 Å². The molecule has 0 aromatic rings. The predicted octanol–water partition coefficient (Wildman–Crippen LogP) is 2.77. The van der Waals surface area contributed by atoms with Crippen LogP contribution >= 0.6 is 0 Å². The molecule has 0 radical (unpaired) electrons. The smallest absolute Gasteiger partial charge is 0.383 e. The van der Waals surface area contributed by atoms with Crippen LogP contribution in [-0.2, 0) is 0 Å². The van der Waals surface area contributed by atoms with Crippen LogP contribution in [0.2, 0.25) is 0 Å². The number of hydrogen-bond acceptors (Lipinski definition) is 2. The first-order valence-corrected chi connectivity index (χ1v) is 7.57. The molecule has 1 rings (SSSR count). The molecular formula is C14H25F3N2O2. The molecule has 0 spiro atoms. The molecule has 1 fully saturated rings. The lowest BCUT2D eigenvalue weighted by atomic mass is 9.91. The van der Waals surface area contributed by atoms with E-state index in [1.54, 1.807) is 0 Å². The largest absolute Gasteiger partial charge is 0.414 e. The standard InChI is InChI=1S/C14H25F3N2O2/c1-3-10(4-2)9-18-13(21)19-7-5-11(6-8-19)12(20)14(15,16)17/h10-12,20H,3-9H2,1-2H3,(H,18,21). The molecule has 7 heteroatoms. The average Bonchev–Trinajstić information content (AvgIpc) is 2.46. The van der Waals surface area contributed by atoms with Crippen molar-refractivity contribution in [3.05, 3.63) is 0 Å². The van der Waals surface area contributed by atoms with E-state index in [1.807, 2.05) is 0 Å². The van der Waals surface area contributed by atoms with Crippen molar-refractivity contribution in [2.75, 3.05) is 19.6 Å². The van der Waals surface area contributed by atoms with Crippen LogP contribution in [0.5, 0.6) is 0 Å². The second-order valence-corrected chi connectivity index (χ2v) is 5.68. The number of rotatable bonds is 5. The Labute approximate surface area is 123 Å². The first kappa shape index (κ1) is 18.1. The Morgan fingerprint density at radius 2 is 1.81 bits per heavy atom. The summed E-state index contributed by atoms with van der Waals surface area (Å²) in [6.45, 7) is 5.23. The van der Waals surface area contributed by atoms with Crippen LogP contribution in [0.4, 0.5) is 18.0 Å². The quantitative estimate of drug-likeness (QED) is 0.820. The molecule has 1 atom stereocenters. The van der Waals surface area contributed by atoms with E-state index in [1.165, 1.54) is 4.90 Å². The van der Waals surface area contributed by atoms with Gasteiger partial charge in [0.1, 0.15) is 0 Å². The SMILES string of the molecule is CCC(CC)CNC(=O)N1CCC(C(O)C(F)(F)F)CC1. The zero-order valence-corrected chi connectivity index (χ0v) is 12.6. The summed E-state index contributed by atoms with van der Waals surface area (Å²) in [5.41, 5.74) is 0. The zero-order chi connectivity index (χ0) is 16.0. The van der Waals surface area contributed by atoms with E-state index in [-0.39, 0.29) is 32.0 Å². The fourth-order valence-corrected chi connectivity index (χ4v) is 2.61. The zero-order valence-electron chi connectivity index (χ0n) is 12.6. The number of urea groups is 1. The summed E-state index contributed by atoms with van der Waals surface area (Å²) in [7, 11) is 0. The summed E-state index contributed by atoms with van der Waals surface area (Å²) in [6.07, 6.45) is -4.54. The molecule has 2 N–H and O–H groups in total. The molecule has 0 aromatic heterocycles. The van der Waals surface area contributed by atoms with Crippen molar-refractivity contribution in [1.29, 1.82) is 0 Å². The summed E-state index contributed by atoms with van der Waals surface area (Å²) < 4.78 is 37.3. The number of aliphatic hydroxyl groups excluding tert-OH is 1. The van der Waals surface area contributed by atoms with Crippen LogP contribution in [-0.4, -0.2) is 48.0 Å². The Morgan fingerprint density at radius 1 is 1.29 bits per heavy atom. The topological polar surface area (TPSA) is 52.6 Å². The number of aliphatic hydroxyl groups is 1. The molecule has 0 bridgehead atoms. The van der Waals surface area contributed by atoms with Gasteiger partial charge in [-0.05, 0) is 24.7 Å². The van der Waals surface area contributed by atoms with E-state index in [4.69, 9.17) is 0 Å². The van der Waals surface area contributed by atoms with Crippen LogP contribution < -0.4 is 5.32 Å². The van der Waals surface area contributed by atoms with Crippen LogP contribution in [0.3, 0.4) is 0 Å². The highest BCUT2D eigenvalue weighted by atomic mass is 19.4. The molecule has 1 aliphatic heterocycles. The number of hydrogen-bond donors (Lipinski definition) is 2. The van der Waals surface area contributed by atoms with Crippen LogP contribution in [0, 0.1) is 11.8 Å². The molecule has 1 saturated heterocycles. The van der Waals surface area contributed by atoms with E-state index in [0.29, 0.717) is 12.5 Å². The Balaban J connectivity index is 2.37. The van der Waals surface area contributed by atoms with Crippen molar-refractivity contribution in [2.45, 2.75) is 51.8 Å². The summed E-state index contributed by atoms with van der Waals surface area (Å²) in [5.74, 6) is -0.383. The normalized spacial score (nSPS) is 18.9. The maximum absolute atomic E-state index is 12.4. The van der Waals surface area contributed by atoms with Crippen molar-refractivity contribution >= 4 is 6.03 Å². The van der Waals surface area contributed by atoms with Gasteiger partial charge in [-0.3, -0.25) is 0 Å². The molecule has 0 aliphatic carbocycles. The van der Waals surface area contributed by atoms with Crippen LogP contribution in [0.15, 0.2) is 0 Å². The third-order valence-corrected chi connectivity index (χ3v) is 4.31. The Morgan fingerprint density at radius 3 is 2.24 bits per heavy atom. The number of carbonyl (C=O) groups is 1. The van der Waals surface area contributed by atoms with Gasteiger partial charge in [-0.25, -0.2) is 4.79 Å². The highest BCUT2D eigenvalue weighted by Gasteiger charge is 2.44. The molecule has 1 unspecified atom stereocenters. The number of nitrogens with one attached hydrogen (secondary N) is 1. The fraction of sp³-hybridized carbons (Fsp3) is 0.929. The summed E-state index contributed by atoms with van der Waals surface area (Å²) >= 11 is 0. The van der Waals surface area contributed by atoms with Crippen molar-refractivity contribution in [2.24, 2.45) is 11.8 Å². The third kappa shape index (κ3) is 5.37. The minimum atomic E-state index is -4.58. The predicted molar refractivity (Wildman–Crippen MR) is 73.8 cm³/mol. The molecule has 1 heterocycles. The van der Waals surface area contributed by atoms with E-state index in [9.17, 15) is 23.1 Å². The lowest BCUT2D eigenvalue weighted by Gasteiger charge is -2.34. The Kier molecular flexibility index (Phi) is 6.77. The maximum Gasteiger partial charge on any atom is 0.414 e. The summed E-state index contributed by atoms with van der Waals surface area (Å²) in [5, 5.41) is 12.1. The molecule has 0 aromatic carbocycles. The van der Waals surface area contributed by atoms with Gasteiger partial charge in [-0.2, -0.15) is 13.2 Å². The molecule has 2 amide bonds. The van der Waals surface area contributed by atoms with Gasteiger partial charge >= 0.3 is 12.2 Å². The average molecular weight is 310 g/mol. The van der Waals surface area contributed by atoms with E-state index in [2.05, 4.69) is 19.2 Å². The fourth-order valence-electron chi connectivity index (χ4n) is 2.61. The maximum atomic E-state index is 12.4. The first-order chi connectivity index (χ1) is 9.79. The van der Waals surface area contributed by atoms with Gasteiger partial charge in [-0.15, -0.1) is 0 Å². The monoisotopic (exact) mass is 310 g/mol. The van der Waals surface area contributed by atoms with Gasteiger partial charge in [0.15, 0.2) is 6.10 Å². The van der Waals surface area contributed by atoms with Gasteiger partial charge < -0.3 is 15.3 Å². The summed E-state index contributed by atoms with van der Waals surface area (Å²) in [4.78, 5) is 13.5. The number of nitrogens with zero attached hydrogens (tertiary/aromatic N) is 1. The number of piperidine rings is 1. The Bertz CT molecular complexity index is 325. The molecule has 4 nitrogen and oxygen atoms in total. The van der Waals surface area contributed by atoms with Crippen molar-refractivity contribution < 1.29 is 23.1 Å². The minimum Gasteiger partial charge on any atom is -0.383 e. The molecule has 0 saturated carbocycles. The minimum absolute atomic E-state index is 0.180. The van der Waals surface area contributed by atoms with Crippen LogP contribution in [0.1, 0.15) is 39.5 Å². The lowest BCUT2D eigenvalue weighted by Crippen LogP contribution is -2.48. The number of amides is 2. The number of halogens is 3. The van der Waals surface area contributed by atoms with E-state index < -0.39 is 18.2 Å². The third-order valence-electron chi connectivity index (χ3n) is 4.31. The highest BCUT2D eigenvalue weighted by Crippen LogP contribution is 2.31. The molecule has 21 heavy (non-hydrogen) atoms. The van der Waals surface area contributed by atoms with E-state index in [0.717, 1.165) is 12.8 Å². The Hall–Kier alpha value is -0.980. The van der Waals surface area contributed by atoms with Gasteiger partial charge in [0, 0.05) is 19.6 Å². The van der Waals surface area contributed by atoms with Crippen molar-refractivity contribution in [3.8, 4) is 0 Å². The summed E-state index contributed by atoms with van der Waals surface area (Å²) in [6, 6.07) is -0.221. The van der Waals surface area contributed by atoms with Crippen LogP contribution in [0.25, 0.3) is 0 Å². The second kappa shape index (κ2) is 7.87. The highest BCUT2D eigenvalue weighted by molar-refractivity contribution is 5.74. The van der Waals surface area contributed by atoms with Crippen molar-refractivity contribution in [1.82, 2.24) is 10.2 Å². The number of alkyl halides is 3. The van der Waals surface area contributed by atoms with Gasteiger partial charge in [0.05, 0.1) is 0 Å². The van der Waals surface area contributed by atoms with E-state index >= 15 is 0 Å². The van der Waals surface area contributed by atoms with Gasteiger partial charge in [0.2, 0.25) is 0 Å².